The van der Waals surface area contributed by atoms with Gasteiger partial charge in [-0.2, -0.15) is 0 Å². The Bertz CT molecular complexity index is 3440. The lowest BCUT2D eigenvalue weighted by Crippen LogP contribution is -2.15. The molecule has 0 atom stereocenters. The van der Waals surface area contributed by atoms with Crippen LogP contribution < -0.4 is 0 Å². The van der Waals surface area contributed by atoms with Crippen LogP contribution in [0.15, 0.2) is 206 Å². The molecule has 0 spiro atoms. The van der Waals surface area contributed by atoms with E-state index in [0.717, 1.165) is 5.69 Å². The average molecular weight is 753 g/mol. The molecular formula is C57H40N2. The minimum Gasteiger partial charge on any atom is -0.309 e. The minimum absolute atomic E-state index is 0.0786. The van der Waals surface area contributed by atoms with Crippen LogP contribution in [0.1, 0.15) is 25.0 Å². The van der Waals surface area contributed by atoms with Crippen LogP contribution in [0.5, 0.6) is 0 Å². The van der Waals surface area contributed by atoms with Gasteiger partial charge in [-0.25, -0.2) is 0 Å². The van der Waals surface area contributed by atoms with Crippen molar-refractivity contribution in [2.24, 2.45) is 0 Å². The first kappa shape index (κ1) is 33.7. The molecule has 0 radical (unpaired) electrons. The van der Waals surface area contributed by atoms with E-state index in [9.17, 15) is 0 Å². The second-order valence-electron chi connectivity index (χ2n) is 16.6. The summed E-state index contributed by atoms with van der Waals surface area (Å²) in [7, 11) is 0. The quantitative estimate of drug-likeness (QED) is 0.166. The molecule has 0 saturated heterocycles. The molecule has 1 aliphatic carbocycles. The summed E-state index contributed by atoms with van der Waals surface area (Å²) in [6, 6.07) is 76.1. The summed E-state index contributed by atoms with van der Waals surface area (Å²) in [6.45, 7) is 4.72. The minimum atomic E-state index is -0.0786. The van der Waals surface area contributed by atoms with Gasteiger partial charge in [0.15, 0.2) is 0 Å². The highest BCUT2D eigenvalue weighted by Gasteiger charge is 2.35. The second-order valence-corrected chi connectivity index (χ2v) is 16.6. The number of fused-ring (bicyclic) bond motifs is 9. The van der Waals surface area contributed by atoms with Gasteiger partial charge in [0.1, 0.15) is 0 Å². The number of aromatic nitrogens is 2. The van der Waals surface area contributed by atoms with Gasteiger partial charge < -0.3 is 9.13 Å². The Morgan fingerprint density at radius 1 is 0.288 bits per heavy atom. The molecule has 59 heavy (non-hydrogen) atoms. The van der Waals surface area contributed by atoms with Crippen molar-refractivity contribution in [2.75, 3.05) is 0 Å². The maximum atomic E-state index is 2.48. The van der Waals surface area contributed by atoms with Gasteiger partial charge >= 0.3 is 0 Å². The van der Waals surface area contributed by atoms with Gasteiger partial charge in [0.2, 0.25) is 0 Å². The molecule has 278 valence electrons. The predicted molar refractivity (Wildman–Crippen MR) is 249 cm³/mol. The van der Waals surface area contributed by atoms with Crippen molar-refractivity contribution in [3.8, 4) is 55.9 Å². The van der Waals surface area contributed by atoms with E-state index in [1.807, 2.05) is 0 Å². The number of nitrogens with zero attached hydrogens (tertiary/aromatic N) is 2. The van der Waals surface area contributed by atoms with Crippen molar-refractivity contribution in [1.82, 2.24) is 9.13 Å². The lowest BCUT2D eigenvalue weighted by molar-refractivity contribution is 0.660. The molecule has 0 saturated carbocycles. The van der Waals surface area contributed by atoms with Gasteiger partial charge in [0, 0.05) is 38.3 Å². The van der Waals surface area contributed by atoms with Crippen LogP contribution in [0.2, 0.25) is 0 Å². The summed E-state index contributed by atoms with van der Waals surface area (Å²) < 4.78 is 4.90. The van der Waals surface area contributed by atoms with Gasteiger partial charge in [-0.15, -0.1) is 0 Å². The number of para-hydroxylation sites is 1. The number of benzene rings is 9. The Labute approximate surface area is 343 Å². The summed E-state index contributed by atoms with van der Waals surface area (Å²) in [5, 5.41) is 5.01. The van der Waals surface area contributed by atoms with E-state index < -0.39 is 0 Å². The summed E-state index contributed by atoms with van der Waals surface area (Å²) in [5.41, 5.74) is 19.8. The standard InChI is InChI=1S/C57H40N2/c1-57(2)51-19-11-9-17-45(51)46-30-28-44(36-52(46)57)59-53-20-12-10-18-47(53)48-29-23-42(35-56(48)59)41-25-32-55-50(34-41)49-33-40(38-15-7-4-8-16-38)24-31-54(49)58(55)43-26-21-39(22-27-43)37-13-5-3-6-14-37/h3-36H,1-2H3. The highest BCUT2D eigenvalue weighted by molar-refractivity contribution is 6.13. The van der Waals surface area contributed by atoms with E-state index in [1.54, 1.807) is 0 Å². The van der Waals surface area contributed by atoms with Gasteiger partial charge in [0.05, 0.1) is 22.1 Å². The molecule has 0 aliphatic heterocycles. The average Bonchev–Trinajstić information content (AvgIpc) is 3.89. The van der Waals surface area contributed by atoms with Crippen LogP contribution in [0, 0.1) is 0 Å². The molecule has 2 aromatic heterocycles. The molecule has 2 heterocycles. The zero-order valence-electron chi connectivity index (χ0n) is 33.0. The van der Waals surface area contributed by atoms with Crippen LogP contribution >= 0.6 is 0 Å². The molecule has 2 heteroatoms. The maximum absolute atomic E-state index is 2.48. The van der Waals surface area contributed by atoms with Crippen molar-refractivity contribution in [3.05, 3.63) is 217 Å². The van der Waals surface area contributed by atoms with Crippen LogP contribution in [-0.4, -0.2) is 9.13 Å². The van der Waals surface area contributed by atoms with E-state index >= 15 is 0 Å². The van der Waals surface area contributed by atoms with Crippen LogP contribution in [0.25, 0.3) is 99.5 Å². The molecule has 12 rings (SSSR count). The van der Waals surface area contributed by atoms with Gasteiger partial charge in [-0.3, -0.25) is 0 Å². The molecule has 11 aromatic rings. The van der Waals surface area contributed by atoms with E-state index in [4.69, 9.17) is 0 Å². The Balaban J connectivity index is 1.04. The Morgan fingerprint density at radius 2 is 0.763 bits per heavy atom. The monoisotopic (exact) mass is 752 g/mol. The normalized spacial score (nSPS) is 13.1. The fourth-order valence-electron chi connectivity index (χ4n) is 9.98. The van der Waals surface area contributed by atoms with E-state index in [-0.39, 0.29) is 5.41 Å². The SMILES string of the molecule is CC1(C)c2ccccc2-c2ccc(-n3c4ccccc4c4ccc(-c5ccc6c(c5)c5cc(-c7ccccc7)ccc5n6-c5ccc(-c6ccccc6)cc5)cc43)cc21. The third kappa shape index (κ3) is 5.13. The van der Waals surface area contributed by atoms with E-state index in [1.165, 1.54) is 105 Å². The molecule has 0 amide bonds. The molecule has 0 fully saturated rings. The first-order chi connectivity index (χ1) is 29.0. The Morgan fingerprint density at radius 3 is 1.49 bits per heavy atom. The smallest absolute Gasteiger partial charge is 0.0547 e. The Hall–Kier alpha value is -7.42. The molecular weight excluding hydrogens is 713 g/mol. The lowest BCUT2D eigenvalue weighted by Gasteiger charge is -2.22. The van der Waals surface area contributed by atoms with Gasteiger partial charge in [-0.1, -0.05) is 159 Å². The third-order valence-electron chi connectivity index (χ3n) is 12.9. The highest BCUT2D eigenvalue weighted by Crippen LogP contribution is 2.49. The maximum Gasteiger partial charge on any atom is 0.0547 e. The zero-order chi connectivity index (χ0) is 39.2. The first-order valence-corrected chi connectivity index (χ1v) is 20.6. The van der Waals surface area contributed by atoms with Crippen molar-refractivity contribution >= 4 is 43.6 Å². The molecule has 0 unspecified atom stereocenters. The highest BCUT2D eigenvalue weighted by atomic mass is 15.0. The molecule has 2 nitrogen and oxygen atoms in total. The van der Waals surface area contributed by atoms with Crippen molar-refractivity contribution in [3.63, 3.8) is 0 Å². The number of hydrogen-bond donors (Lipinski definition) is 0. The van der Waals surface area contributed by atoms with Crippen LogP contribution in [0.3, 0.4) is 0 Å². The van der Waals surface area contributed by atoms with Crippen LogP contribution in [0.4, 0.5) is 0 Å². The molecule has 0 bridgehead atoms. The number of rotatable bonds is 5. The molecule has 0 N–H and O–H groups in total. The van der Waals surface area contributed by atoms with Gasteiger partial charge in [0.25, 0.3) is 0 Å². The fourth-order valence-corrected chi connectivity index (χ4v) is 9.98. The largest absolute Gasteiger partial charge is 0.309 e. The summed E-state index contributed by atoms with van der Waals surface area (Å²) in [4.78, 5) is 0. The summed E-state index contributed by atoms with van der Waals surface area (Å²) in [5.74, 6) is 0. The van der Waals surface area contributed by atoms with Crippen molar-refractivity contribution in [2.45, 2.75) is 19.3 Å². The lowest BCUT2D eigenvalue weighted by atomic mass is 9.82. The predicted octanol–water partition coefficient (Wildman–Crippen LogP) is 15.2. The van der Waals surface area contributed by atoms with Gasteiger partial charge in [-0.05, 0) is 116 Å². The second kappa shape index (κ2) is 12.8. The molecule has 1 aliphatic rings. The fraction of sp³-hybridized carbons (Fsp3) is 0.0526. The summed E-state index contributed by atoms with van der Waals surface area (Å²) >= 11 is 0. The summed E-state index contributed by atoms with van der Waals surface area (Å²) in [6.07, 6.45) is 0. The number of hydrogen-bond acceptors (Lipinski definition) is 0. The van der Waals surface area contributed by atoms with Crippen molar-refractivity contribution < 1.29 is 0 Å². The third-order valence-corrected chi connectivity index (χ3v) is 12.9. The van der Waals surface area contributed by atoms with E-state index in [0.29, 0.717) is 0 Å². The van der Waals surface area contributed by atoms with Crippen LogP contribution in [-0.2, 0) is 5.41 Å². The molecule has 9 aromatic carbocycles. The topological polar surface area (TPSA) is 9.86 Å². The zero-order valence-corrected chi connectivity index (χ0v) is 33.0. The first-order valence-electron chi connectivity index (χ1n) is 20.6. The Kier molecular flexibility index (Phi) is 7.31. The van der Waals surface area contributed by atoms with E-state index in [2.05, 4.69) is 229 Å². The van der Waals surface area contributed by atoms with Crippen molar-refractivity contribution in [1.29, 1.82) is 0 Å².